The van der Waals surface area contributed by atoms with Crippen LogP contribution in [-0.2, 0) is 4.74 Å². The summed E-state index contributed by atoms with van der Waals surface area (Å²) in [6.45, 7) is 6.67. The van der Waals surface area contributed by atoms with E-state index in [-0.39, 0.29) is 5.91 Å². The van der Waals surface area contributed by atoms with Gasteiger partial charge in [0.1, 0.15) is 0 Å². The van der Waals surface area contributed by atoms with E-state index in [4.69, 9.17) is 4.74 Å². The number of carbonyl (C=O) groups excluding carboxylic acids is 1. The third-order valence-electron chi connectivity index (χ3n) is 4.11. The molecule has 0 radical (unpaired) electrons. The molecule has 1 heterocycles. The summed E-state index contributed by atoms with van der Waals surface area (Å²) in [6, 6.07) is 13.9. The Balaban J connectivity index is 1.86. The Bertz CT molecular complexity index is 706. The Morgan fingerprint density at radius 2 is 1.78 bits per heavy atom. The van der Waals surface area contributed by atoms with Crippen molar-refractivity contribution in [3.05, 3.63) is 59.2 Å². The van der Waals surface area contributed by atoms with Crippen LogP contribution in [0, 0.1) is 13.8 Å². The van der Waals surface area contributed by atoms with Crippen LogP contribution in [0.15, 0.2) is 42.5 Å². The lowest BCUT2D eigenvalue weighted by molar-refractivity contribution is 0.0303. The number of ether oxygens (including phenoxy) is 1. The van der Waals surface area contributed by atoms with Crippen molar-refractivity contribution >= 4 is 17.3 Å². The molecule has 1 aliphatic heterocycles. The lowest BCUT2D eigenvalue weighted by Gasteiger charge is -2.27. The van der Waals surface area contributed by atoms with E-state index >= 15 is 0 Å². The summed E-state index contributed by atoms with van der Waals surface area (Å²) < 4.78 is 5.33. The first-order valence-electron chi connectivity index (χ1n) is 7.95. The number of rotatable bonds is 3. The van der Waals surface area contributed by atoms with Crippen LogP contribution < -0.4 is 5.32 Å². The van der Waals surface area contributed by atoms with E-state index in [2.05, 4.69) is 37.4 Å². The standard InChI is InChI=1S/C19H22N2O2/c1-14-7-8-17(15(2)13-14)20-18-6-4-3-5-16(18)19(22)21-9-11-23-12-10-21/h3-8,13,20H,9-12H2,1-2H3. The summed E-state index contributed by atoms with van der Waals surface area (Å²) in [7, 11) is 0. The van der Waals surface area contributed by atoms with Crippen molar-refractivity contribution in [2.45, 2.75) is 13.8 Å². The third-order valence-corrected chi connectivity index (χ3v) is 4.11. The second-order valence-electron chi connectivity index (χ2n) is 5.89. The van der Waals surface area contributed by atoms with Crippen LogP contribution >= 0.6 is 0 Å². The average Bonchev–Trinajstić information content (AvgIpc) is 2.58. The van der Waals surface area contributed by atoms with Crippen molar-refractivity contribution < 1.29 is 9.53 Å². The molecule has 3 rings (SSSR count). The van der Waals surface area contributed by atoms with E-state index < -0.39 is 0 Å². The molecule has 4 heteroatoms. The van der Waals surface area contributed by atoms with Gasteiger partial charge in [-0.3, -0.25) is 4.79 Å². The fourth-order valence-corrected chi connectivity index (χ4v) is 2.81. The van der Waals surface area contributed by atoms with E-state index in [1.54, 1.807) is 0 Å². The molecule has 1 amide bonds. The molecular formula is C19H22N2O2. The first-order chi connectivity index (χ1) is 11.1. The van der Waals surface area contributed by atoms with Crippen LogP contribution in [-0.4, -0.2) is 37.1 Å². The minimum atomic E-state index is 0.0566. The van der Waals surface area contributed by atoms with E-state index in [0.29, 0.717) is 31.9 Å². The van der Waals surface area contributed by atoms with Crippen molar-refractivity contribution in [3.63, 3.8) is 0 Å². The Hall–Kier alpha value is -2.33. The molecule has 0 aliphatic carbocycles. The molecule has 2 aromatic carbocycles. The zero-order chi connectivity index (χ0) is 16.2. The van der Waals surface area contributed by atoms with Crippen molar-refractivity contribution in [1.29, 1.82) is 0 Å². The van der Waals surface area contributed by atoms with Crippen LogP contribution in [0.5, 0.6) is 0 Å². The minimum Gasteiger partial charge on any atom is -0.378 e. The largest absolute Gasteiger partial charge is 0.378 e. The van der Waals surface area contributed by atoms with Crippen LogP contribution in [0.1, 0.15) is 21.5 Å². The van der Waals surface area contributed by atoms with Crippen LogP contribution in [0.25, 0.3) is 0 Å². The zero-order valence-corrected chi connectivity index (χ0v) is 13.6. The SMILES string of the molecule is Cc1ccc(Nc2ccccc2C(=O)N2CCOCC2)c(C)c1. The minimum absolute atomic E-state index is 0.0566. The van der Waals surface area contributed by atoms with Gasteiger partial charge in [-0.15, -0.1) is 0 Å². The number of para-hydroxylation sites is 1. The fraction of sp³-hybridized carbons (Fsp3) is 0.316. The maximum absolute atomic E-state index is 12.8. The summed E-state index contributed by atoms with van der Waals surface area (Å²) in [6.07, 6.45) is 0. The van der Waals surface area contributed by atoms with E-state index in [0.717, 1.165) is 11.4 Å². The van der Waals surface area contributed by atoms with Gasteiger partial charge < -0.3 is 15.0 Å². The number of aryl methyl sites for hydroxylation is 2. The Morgan fingerprint density at radius 3 is 2.52 bits per heavy atom. The molecule has 120 valence electrons. The lowest BCUT2D eigenvalue weighted by Crippen LogP contribution is -2.40. The first-order valence-corrected chi connectivity index (χ1v) is 7.95. The summed E-state index contributed by atoms with van der Waals surface area (Å²) in [5, 5.41) is 3.41. The molecule has 1 N–H and O–H groups in total. The molecular weight excluding hydrogens is 288 g/mol. The Labute approximate surface area is 137 Å². The van der Waals surface area contributed by atoms with E-state index in [9.17, 15) is 4.79 Å². The van der Waals surface area contributed by atoms with Gasteiger partial charge in [0.05, 0.1) is 24.5 Å². The number of amides is 1. The third kappa shape index (κ3) is 3.54. The highest BCUT2D eigenvalue weighted by atomic mass is 16.5. The summed E-state index contributed by atoms with van der Waals surface area (Å²) in [5.74, 6) is 0.0566. The maximum atomic E-state index is 12.8. The molecule has 0 unspecified atom stereocenters. The molecule has 0 bridgehead atoms. The predicted octanol–water partition coefficient (Wildman–Crippen LogP) is 3.52. The average molecular weight is 310 g/mol. The van der Waals surface area contributed by atoms with Gasteiger partial charge in [-0.25, -0.2) is 0 Å². The number of hydrogen-bond acceptors (Lipinski definition) is 3. The topological polar surface area (TPSA) is 41.6 Å². The number of nitrogens with one attached hydrogen (secondary N) is 1. The normalized spacial score (nSPS) is 14.6. The molecule has 1 aliphatic rings. The predicted molar refractivity (Wildman–Crippen MR) is 92.4 cm³/mol. The fourth-order valence-electron chi connectivity index (χ4n) is 2.81. The van der Waals surface area contributed by atoms with E-state index in [1.165, 1.54) is 11.1 Å². The Kier molecular flexibility index (Phi) is 4.63. The van der Waals surface area contributed by atoms with Gasteiger partial charge in [0, 0.05) is 18.8 Å². The Morgan fingerprint density at radius 1 is 1.04 bits per heavy atom. The number of benzene rings is 2. The second-order valence-corrected chi connectivity index (χ2v) is 5.89. The van der Waals surface area contributed by atoms with Gasteiger partial charge in [0.25, 0.3) is 5.91 Å². The highest BCUT2D eigenvalue weighted by Gasteiger charge is 2.20. The molecule has 1 fully saturated rings. The molecule has 0 spiro atoms. The van der Waals surface area contributed by atoms with Crippen LogP contribution in [0.2, 0.25) is 0 Å². The van der Waals surface area contributed by atoms with E-state index in [1.807, 2.05) is 29.2 Å². The smallest absolute Gasteiger partial charge is 0.256 e. The summed E-state index contributed by atoms with van der Waals surface area (Å²) >= 11 is 0. The lowest BCUT2D eigenvalue weighted by atomic mass is 10.1. The van der Waals surface area contributed by atoms with Crippen LogP contribution in [0.4, 0.5) is 11.4 Å². The summed E-state index contributed by atoms with van der Waals surface area (Å²) in [5.41, 5.74) is 4.97. The molecule has 23 heavy (non-hydrogen) atoms. The van der Waals surface area contributed by atoms with Crippen molar-refractivity contribution in [2.75, 3.05) is 31.6 Å². The van der Waals surface area contributed by atoms with Crippen molar-refractivity contribution in [2.24, 2.45) is 0 Å². The zero-order valence-electron chi connectivity index (χ0n) is 13.6. The molecule has 0 aromatic heterocycles. The quantitative estimate of drug-likeness (QED) is 0.943. The van der Waals surface area contributed by atoms with Crippen molar-refractivity contribution in [1.82, 2.24) is 4.90 Å². The van der Waals surface area contributed by atoms with Gasteiger partial charge in [0.2, 0.25) is 0 Å². The second kappa shape index (κ2) is 6.84. The van der Waals surface area contributed by atoms with Gasteiger partial charge in [-0.1, -0.05) is 29.8 Å². The van der Waals surface area contributed by atoms with Crippen molar-refractivity contribution in [3.8, 4) is 0 Å². The number of hydrogen-bond donors (Lipinski definition) is 1. The molecule has 0 saturated carbocycles. The molecule has 1 saturated heterocycles. The molecule has 2 aromatic rings. The monoisotopic (exact) mass is 310 g/mol. The first kappa shape index (κ1) is 15.6. The maximum Gasteiger partial charge on any atom is 0.256 e. The van der Waals surface area contributed by atoms with Gasteiger partial charge in [-0.05, 0) is 37.6 Å². The number of morpholine rings is 1. The number of nitrogens with zero attached hydrogens (tertiary/aromatic N) is 1. The van der Waals surface area contributed by atoms with Crippen LogP contribution in [0.3, 0.4) is 0 Å². The summed E-state index contributed by atoms with van der Waals surface area (Å²) in [4.78, 5) is 14.6. The molecule has 4 nitrogen and oxygen atoms in total. The highest BCUT2D eigenvalue weighted by Crippen LogP contribution is 2.25. The van der Waals surface area contributed by atoms with Gasteiger partial charge in [0.15, 0.2) is 0 Å². The molecule has 0 atom stereocenters. The number of anilines is 2. The van der Waals surface area contributed by atoms with Gasteiger partial charge >= 0.3 is 0 Å². The number of carbonyl (C=O) groups is 1. The highest BCUT2D eigenvalue weighted by molar-refractivity contribution is 6.00. The van der Waals surface area contributed by atoms with Gasteiger partial charge in [-0.2, -0.15) is 0 Å².